The summed E-state index contributed by atoms with van der Waals surface area (Å²) in [6.45, 7) is 1.64. The average Bonchev–Trinajstić information content (AvgIpc) is 1.83. The van der Waals surface area contributed by atoms with Gasteiger partial charge in [-0.25, -0.2) is 18.5 Å². The first-order chi connectivity index (χ1) is 5.41. The molecule has 0 aromatic carbocycles. The van der Waals surface area contributed by atoms with Gasteiger partial charge in [0.25, 0.3) is 10.0 Å². The van der Waals surface area contributed by atoms with E-state index in [2.05, 4.69) is 20.9 Å². The molecule has 0 aliphatic carbocycles. The summed E-state index contributed by atoms with van der Waals surface area (Å²) in [4.78, 5) is 3.69. The third-order valence-corrected chi connectivity index (χ3v) is 2.67. The quantitative estimate of drug-likeness (QED) is 0.802. The summed E-state index contributed by atoms with van der Waals surface area (Å²) in [6.07, 6.45) is 1.40. The number of hydrogen-bond acceptors (Lipinski definition) is 3. The Morgan fingerprint density at radius 1 is 1.58 bits per heavy atom. The van der Waals surface area contributed by atoms with Gasteiger partial charge in [-0.1, -0.05) is 0 Å². The molecule has 1 aromatic rings. The van der Waals surface area contributed by atoms with Crippen LogP contribution in [0.15, 0.2) is 21.8 Å². The predicted molar refractivity (Wildman–Crippen MR) is 48.0 cm³/mol. The van der Waals surface area contributed by atoms with E-state index in [-0.39, 0.29) is 5.03 Å². The molecule has 4 nitrogen and oxygen atoms in total. The van der Waals surface area contributed by atoms with Crippen molar-refractivity contribution in [2.45, 2.75) is 11.9 Å². The van der Waals surface area contributed by atoms with Gasteiger partial charge in [0.1, 0.15) is 0 Å². The zero-order valence-electron chi connectivity index (χ0n) is 6.28. The van der Waals surface area contributed by atoms with Crippen molar-refractivity contribution in [1.29, 1.82) is 0 Å². The van der Waals surface area contributed by atoms with Gasteiger partial charge in [0.05, 0.1) is 0 Å². The first kappa shape index (κ1) is 9.63. The standard InChI is InChI=1S/C6H7BrN2O2S/c1-4-2-5(7)3-9-6(4)12(8,10)11/h2-3H,1H3,(H2,8,10,11). The Kier molecular flexibility index (Phi) is 2.50. The average molecular weight is 251 g/mol. The fourth-order valence-electron chi connectivity index (χ4n) is 0.826. The lowest BCUT2D eigenvalue weighted by molar-refractivity contribution is 0.593. The first-order valence-corrected chi connectivity index (χ1v) is 5.40. The largest absolute Gasteiger partial charge is 0.255 e. The Hall–Kier alpha value is -0.460. The molecule has 66 valence electrons. The lowest BCUT2D eigenvalue weighted by Gasteiger charge is -2.00. The summed E-state index contributed by atoms with van der Waals surface area (Å²) in [5.74, 6) is 0. The van der Waals surface area contributed by atoms with Crippen LogP contribution in [0.4, 0.5) is 0 Å². The van der Waals surface area contributed by atoms with Gasteiger partial charge >= 0.3 is 0 Å². The van der Waals surface area contributed by atoms with Crippen molar-refractivity contribution in [3.8, 4) is 0 Å². The number of sulfonamides is 1. The topological polar surface area (TPSA) is 73.0 Å². The molecule has 0 radical (unpaired) electrons. The van der Waals surface area contributed by atoms with Gasteiger partial charge in [0, 0.05) is 10.7 Å². The van der Waals surface area contributed by atoms with Gasteiger partial charge in [-0.15, -0.1) is 0 Å². The van der Waals surface area contributed by atoms with Crippen LogP contribution in [0.5, 0.6) is 0 Å². The highest BCUT2D eigenvalue weighted by atomic mass is 79.9. The van der Waals surface area contributed by atoms with Gasteiger partial charge < -0.3 is 0 Å². The minimum Gasteiger partial charge on any atom is -0.242 e. The number of rotatable bonds is 1. The number of hydrogen-bond donors (Lipinski definition) is 1. The summed E-state index contributed by atoms with van der Waals surface area (Å²) in [6, 6.07) is 1.65. The van der Waals surface area contributed by atoms with Gasteiger partial charge in [0.2, 0.25) is 0 Å². The maximum Gasteiger partial charge on any atom is 0.255 e. The van der Waals surface area contributed by atoms with Gasteiger partial charge in [-0.05, 0) is 34.5 Å². The van der Waals surface area contributed by atoms with E-state index in [0.717, 1.165) is 4.47 Å². The van der Waals surface area contributed by atoms with Crippen molar-refractivity contribution >= 4 is 26.0 Å². The van der Waals surface area contributed by atoms with Crippen LogP contribution in [0, 0.1) is 6.92 Å². The summed E-state index contributed by atoms with van der Waals surface area (Å²) in [7, 11) is -3.68. The van der Waals surface area contributed by atoms with E-state index in [1.807, 2.05) is 0 Å². The second-order valence-corrected chi connectivity index (χ2v) is 4.71. The first-order valence-electron chi connectivity index (χ1n) is 3.06. The minimum absolute atomic E-state index is 0.0781. The van der Waals surface area contributed by atoms with Crippen molar-refractivity contribution in [3.63, 3.8) is 0 Å². The highest BCUT2D eigenvalue weighted by Gasteiger charge is 2.12. The molecule has 1 heterocycles. The summed E-state index contributed by atoms with van der Waals surface area (Å²) in [5.41, 5.74) is 0.534. The number of nitrogens with two attached hydrogens (primary N) is 1. The molecule has 0 atom stereocenters. The molecule has 0 saturated heterocycles. The molecule has 0 unspecified atom stereocenters. The van der Waals surface area contributed by atoms with E-state index >= 15 is 0 Å². The molecule has 0 spiro atoms. The monoisotopic (exact) mass is 250 g/mol. The number of primary sulfonamides is 1. The maximum atomic E-state index is 10.9. The van der Waals surface area contributed by atoms with Gasteiger partial charge in [-0.3, -0.25) is 0 Å². The van der Waals surface area contributed by atoms with Gasteiger partial charge in [-0.2, -0.15) is 0 Å². The molecule has 0 aliphatic rings. The van der Waals surface area contributed by atoms with Crippen molar-refractivity contribution in [1.82, 2.24) is 4.98 Å². The fraction of sp³-hybridized carbons (Fsp3) is 0.167. The van der Waals surface area contributed by atoms with E-state index in [1.165, 1.54) is 6.20 Å². The molecule has 0 bridgehead atoms. The Balaban J connectivity index is 3.39. The Bertz CT molecular complexity index is 402. The number of aryl methyl sites for hydroxylation is 1. The number of aromatic nitrogens is 1. The van der Waals surface area contributed by atoms with Crippen LogP contribution >= 0.6 is 15.9 Å². The van der Waals surface area contributed by atoms with E-state index in [4.69, 9.17) is 5.14 Å². The van der Waals surface area contributed by atoms with Crippen LogP contribution in [0.1, 0.15) is 5.56 Å². The molecule has 0 amide bonds. The van der Waals surface area contributed by atoms with E-state index < -0.39 is 10.0 Å². The van der Waals surface area contributed by atoms with Crippen molar-refractivity contribution in [2.75, 3.05) is 0 Å². The molecular weight excluding hydrogens is 244 g/mol. The van der Waals surface area contributed by atoms with Crippen LogP contribution in [0.25, 0.3) is 0 Å². The second kappa shape index (κ2) is 3.12. The number of halogens is 1. The van der Waals surface area contributed by atoms with E-state index in [0.29, 0.717) is 5.56 Å². The predicted octanol–water partition coefficient (Wildman–Crippen LogP) is 0.800. The highest BCUT2D eigenvalue weighted by molar-refractivity contribution is 9.10. The lowest BCUT2D eigenvalue weighted by Crippen LogP contribution is -2.15. The molecule has 0 saturated carbocycles. The zero-order valence-corrected chi connectivity index (χ0v) is 8.68. The number of pyridine rings is 1. The van der Waals surface area contributed by atoms with Crippen LogP contribution in [0.2, 0.25) is 0 Å². The van der Waals surface area contributed by atoms with Crippen LogP contribution in [-0.4, -0.2) is 13.4 Å². The smallest absolute Gasteiger partial charge is 0.242 e. The van der Waals surface area contributed by atoms with Gasteiger partial charge in [0.15, 0.2) is 5.03 Å². The van der Waals surface area contributed by atoms with Crippen molar-refractivity contribution < 1.29 is 8.42 Å². The van der Waals surface area contributed by atoms with E-state index in [1.54, 1.807) is 13.0 Å². The normalized spacial score (nSPS) is 11.6. The fourth-order valence-corrected chi connectivity index (χ4v) is 1.98. The lowest BCUT2D eigenvalue weighted by atomic mass is 10.3. The maximum absolute atomic E-state index is 10.9. The minimum atomic E-state index is -3.68. The third kappa shape index (κ3) is 2.02. The number of nitrogens with zero attached hydrogens (tertiary/aromatic N) is 1. The molecular formula is C6H7BrN2O2S. The molecule has 0 aliphatic heterocycles. The van der Waals surface area contributed by atoms with Crippen LogP contribution in [-0.2, 0) is 10.0 Å². The Labute approximate surface area is 79.0 Å². The molecule has 1 rings (SSSR count). The third-order valence-electron chi connectivity index (χ3n) is 1.27. The SMILES string of the molecule is Cc1cc(Br)cnc1S(N)(=O)=O. The zero-order chi connectivity index (χ0) is 9.35. The Morgan fingerprint density at radius 3 is 2.58 bits per heavy atom. The second-order valence-electron chi connectivity index (χ2n) is 2.32. The summed E-state index contributed by atoms with van der Waals surface area (Å²) in [5, 5.41) is 4.82. The van der Waals surface area contributed by atoms with Crippen LogP contribution in [0.3, 0.4) is 0 Å². The Morgan fingerprint density at radius 2 is 2.17 bits per heavy atom. The van der Waals surface area contributed by atoms with Crippen molar-refractivity contribution in [2.24, 2.45) is 5.14 Å². The molecule has 0 fully saturated rings. The summed E-state index contributed by atoms with van der Waals surface area (Å²) < 4.78 is 22.5. The molecule has 2 N–H and O–H groups in total. The molecule has 1 aromatic heterocycles. The van der Waals surface area contributed by atoms with E-state index in [9.17, 15) is 8.42 Å². The summed E-state index contributed by atoms with van der Waals surface area (Å²) >= 11 is 3.16. The molecule has 12 heavy (non-hydrogen) atoms. The highest BCUT2D eigenvalue weighted by Crippen LogP contribution is 2.15. The van der Waals surface area contributed by atoms with Crippen molar-refractivity contribution in [3.05, 3.63) is 22.3 Å². The van der Waals surface area contributed by atoms with Crippen LogP contribution < -0.4 is 5.14 Å². The molecule has 6 heteroatoms.